The fraction of sp³-hybridized carbons (Fsp3) is 0.385. The van der Waals surface area contributed by atoms with Crippen LogP contribution in [-0.2, 0) is 16.1 Å². The quantitative estimate of drug-likeness (QED) is 0.781. The van der Waals surface area contributed by atoms with E-state index in [1.807, 2.05) is 12.1 Å². The Morgan fingerprint density at radius 1 is 1.28 bits per heavy atom. The summed E-state index contributed by atoms with van der Waals surface area (Å²) in [6.45, 7) is 0.361. The summed E-state index contributed by atoms with van der Waals surface area (Å²) in [6, 6.07) is 7.14. The van der Waals surface area contributed by atoms with Crippen LogP contribution in [0.15, 0.2) is 24.3 Å². The summed E-state index contributed by atoms with van der Waals surface area (Å²) in [5.41, 5.74) is 6.16. The first-order valence-corrected chi connectivity index (χ1v) is 5.89. The third-order valence-electron chi connectivity index (χ3n) is 2.81. The van der Waals surface area contributed by atoms with Crippen molar-refractivity contribution in [2.24, 2.45) is 5.92 Å². The van der Waals surface area contributed by atoms with Gasteiger partial charge in [0.25, 0.3) is 5.91 Å². The van der Waals surface area contributed by atoms with Crippen molar-refractivity contribution in [1.29, 1.82) is 0 Å². The number of carbonyl (C=O) groups excluding carboxylic acids is 2. The zero-order chi connectivity index (χ0) is 13.0. The van der Waals surface area contributed by atoms with Crippen LogP contribution in [0.2, 0.25) is 0 Å². The molecule has 0 aliphatic heterocycles. The lowest BCUT2D eigenvalue weighted by molar-refractivity contribution is -0.123. The molecule has 2 amide bonds. The number of nitrogens with one attached hydrogen (secondary N) is 2. The number of rotatable bonds is 4. The smallest absolute Gasteiger partial charge is 0.270 e. The van der Waals surface area contributed by atoms with Gasteiger partial charge < -0.3 is 4.74 Å². The van der Waals surface area contributed by atoms with Crippen LogP contribution < -0.4 is 10.9 Å². The van der Waals surface area contributed by atoms with E-state index in [9.17, 15) is 9.59 Å². The maximum absolute atomic E-state index is 11.9. The van der Waals surface area contributed by atoms with Crippen molar-refractivity contribution in [1.82, 2.24) is 10.9 Å². The number of amides is 2. The van der Waals surface area contributed by atoms with Crippen LogP contribution in [0.25, 0.3) is 0 Å². The summed E-state index contributed by atoms with van der Waals surface area (Å²) in [7, 11) is 1.57. The molecule has 2 N–H and O–H groups in total. The molecule has 0 heterocycles. The zero-order valence-electron chi connectivity index (χ0n) is 10.2. The zero-order valence-corrected chi connectivity index (χ0v) is 10.2. The first kappa shape index (κ1) is 12.6. The fourth-order valence-electron chi connectivity index (χ4n) is 1.66. The molecule has 1 aliphatic rings. The van der Waals surface area contributed by atoms with E-state index in [0.29, 0.717) is 12.2 Å². The van der Waals surface area contributed by atoms with E-state index in [1.54, 1.807) is 19.2 Å². The Bertz CT molecular complexity index is 455. The van der Waals surface area contributed by atoms with E-state index in [0.717, 1.165) is 18.4 Å². The molecule has 1 aromatic rings. The molecule has 1 saturated carbocycles. The van der Waals surface area contributed by atoms with Crippen LogP contribution in [-0.4, -0.2) is 18.9 Å². The van der Waals surface area contributed by atoms with Crippen molar-refractivity contribution in [3.8, 4) is 0 Å². The summed E-state index contributed by atoms with van der Waals surface area (Å²) in [6.07, 6.45) is 1.81. The molecule has 2 rings (SSSR count). The Morgan fingerprint density at radius 3 is 2.67 bits per heavy atom. The van der Waals surface area contributed by atoms with Gasteiger partial charge in [0, 0.05) is 18.6 Å². The summed E-state index contributed by atoms with van der Waals surface area (Å²) >= 11 is 0. The highest BCUT2D eigenvalue weighted by Gasteiger charge is 2.29. The van der Waals surface area contributed by atoms with E-state index in [4.69, 9.17) is 4.74 Å². The van der Waals surface area contributed by atoms with Crippen LogP contribution in [0.4, 0.5) is 0 Å². The van der Waals surface area contributed by atoms with Gasteiger partial charge in [0.15, 0.2) is 0 Å². The van der Waals surface area contributed by atoms with Crippen LogP contribution in [0, 0.1) is 5.92 Å². The van der Waals surface area contributed by atoms with E-state index in [-0.39, 0.29) is 17.7 Å². The Hall–Kier alpha value is -1.88. The lowest BCUT2D eigenvalue weighted by atomic mass is 10.1. The van der Waals surface area contributed by atoms with Crippen molar-refractivity contribution < 1.29 is 14.3 Å². The van der Waals surface area contributed by atoms with Crippen molar-refractivity contribution in [2.45, 2.75) is 19.4 Å². The molecule has 0 spiro atoms. The molecule has 0 unspecified atom stereocenters. The minimum Gasteiger partial charge on any atom is -0.380 e. The molecule has 1 fully saturated rings. The monoisotopic (exact) mass is 248 g/mol. The van der Waals surface area contributed by atoms with Crippen molar-refractivity contribution in [3.05, 3.63) is 35.4 Å². The van der Waals surface area contributed by atoms with Gasteiger partial charge in [-0.2, -0.15) is 0 Å². The van der Waals surface area contributed by atoms with Crippen LogP contribution in [0.3, 0.4) is 0 Å². The molecule has 0 bridgehead atoms. The first-order chi connectivity index (χ1) is 8.72. The minimum absolute atomic E-state index is 0.0690. The lowest BCUT2D eigenvalue weighted by Gasteiger charge is -2.10. The molecular weight excluding hydrogens is 232 g/mol. The molecule has 0 aromatic heterocycles. The maximum atomic E-state index is 11.9. The topological polar surface area (TPSA) is 67.4 Å². The summed E-state index contributed by atoms with van der Waals surface area (Å²) < 4.78 is 5.03. The molecule has 18 heavy (non-hydrogen) atoms. The van der Waals surface area contributed by atoms with E-state index in [1.165, 1.54) is 0 Å². The molecule has 5 heteroatoms. The van der Waals surface area contributed by atoms with E-state index in [2.05, 4.69) is 10.9 Å². The Labute approximate surface area is 105 Å². The second-order valence-electron chi connectivity index (χ2n) is 4.31. The number of hydrogen-bond donors (Lipinski definition) is 2. The molecule has 0 radical (unpaired) electrons. The normalized spacial score (nSPS) is 14.1. The molecule has 0 saturated heterocycles. The van der Waals surface area contributed by atoms with Gasteiger partial charge in [-0.25, -0.2) is 0 Å². The molecule has 96 valence electrons. The number of benzene rings is 1. The lowest BCUT2D eigenvalue weighted by Crippen LogP contribution is -2.42. The third kappa shape index (κ3) is 3.07. The highest BCUT2D eigenvalue weighted by Crippen LogP contribution is 2.28. The Kier molecular flexibility index (Phi) is 3.94. The van der Waals surface area contributed by atoms with Crippen LogP contribution in [0.1, 0.15) is 28.8 Å². The maximum Gasteiger partial charge on any atom is 0.270 e. The Balaban J connectivity index is 1.96. The fourth-order valence-corrected chi connectivity index (χ4v) is 1.66. The second-order valence-corrected chi connectivity index (χ2v) is 4.31. The molecular formula is C13H16N2O3. The number of carbonyl (C=O) groups is 2. The second kappa shape index (κ2) is 5.64. The average molecular weight is 248 g/mol. The summed E-state index contributed by atoms with van der Waals surface area (Å²) in [5, 5.41) is 0. The predicted molar refractivity (Wildman–Crippen MR) is 65.5 cm³/mol. The first-order valence-electron chi connectivity index (χ1n) is 5.89. The van der Waals surface area contributed by atoms with Crippen molar-refractivity contribution >= 4 is 11.8 Å². The van der Waals surface area contributed by atoms with Crippen LogP contribution >= 0.6 is 0 Å². The van der Waals surface area contributed by atoms with Gasteiger partial charge in [-0.05, 0) is 24.5 Å². The highest BCUT2D eigenvalue weighted by molar-refractivity contribution is 5.97. The standard InChI is InChI=1S/C13H16N2O3/c1-18-8-10-4-2-3-5-11(10)13(17)15-14-12(16)9-6-7-9/h2-5,9H,6-8H2,1H3,(H,14,16)(H,15,17). The molecule has 5 nitrogen and oxygen atoms in total. The number of hydrazine groups is 1. The number of methoxy groups -OCH3 is 1. The molecule has 1 aromatic carbocycles. The van der Waals surface area contributed by atoms with Gasteiger partial charge in [-0.3, -0.25) is 20.4 Å². The van der Waals surface area contributed by atoms with E-state index < -0.39 is 0 Å². The van der Waals surface area contributed by atoms with E-state index >= 15 is 0 Å². The largest absolute Gasteiger partial charge is 0.380 e. The Morgan fingerprint density at radius 2 is 2.00 bits per heavy atom. The van der Waals surface area contributed by atoms with Gasteiger partial charge >= 0.3 is 0 Å². The average Bonchev–Trinajstić information content (AvgIpc) is 3.21. The minimum atomic E-state index is -0.323. The molecule has 1 aliphatic carbocycles. The van der Waals surface area contributed by atoms with Crippen LogP contribution in [0.5, 0.6) is 0 Å². The molecule has 0 atom stereocenters. The predicted octanol–water partition coefficient (Wildman–Crippen LogP) is 1.00. The van der Waals surface area contributed by atoms with Gasteiger partial charge in [-0.1, -0.05) is 18.2 Å². The number of ether oxygens (including phenoxy) is 1. The SMILES string of the molecule is COCc1ccccc1C(=O)NNC(=O)C1CC1. The van der Waals surface area contributed by atoms with Gasteiger partial charge in [0.05, 0.1) is 6.61 Å². The van der Waals surface area contributed by atoms with Crippen molar-refractivity contribution in [2.75, 3.05) is 7.11 Å². The van der Waals surface area contributed by atoms with Gasteiger partial charge in [0.2, 0.25) is 5.91 Å². The summed E-state index contributed by atoms with van der Waals surface area (Å²) in [4.78, 5) is 23.3. The number of hydrogen-bond acceptors (Lipinski definition) is 3. The van der Waals surface area contributed by atoms with Gasteiger partial charge in [-0.15, -0.1) is 0 Å². The highest BCUT2D eigenvalue weighted by atomic mass is 16.5. The van der Waals surface area contributed by atoms with Crippen molar-refractivity contribution in [3.63, 3.8) is 0 Å². The summed E-state index contributed by atoms with van der Waals surface area (Å²) in [5.74, 6) is -0.372. The van der Waals surface area contributed by atoms with Gasteiger partial charge in [0.1, 0.15) is 0 Å². The third-order valence-corrected chi connectivity index (χ3v) is 2.81.